The maximum Gasteiger partial charge on any atom is 0.243 e. The van der Waals surface area contributed by atoms with Crippen molar-refractivity contribution in [3.63, 3.8) is 0 Å². The highest BCUT2D eigenvalue weighted by Gasteiger charge is 2.28. The van der Waals surface area contributed by atoms with E-state index in [0.29, 0.717) is 18.5 Å². The van der Waals surface area contributed by atoms with E-state index in [4.69, 9.17) is 17.2 Å². The summed E-state index contributed by atoms with van der Waals surface area (Å²) in [5, 5.41) is 18.6. The van der Waals surface area contributed by atoms with Crippen LogP contribution in [0.4, 0.5) is 0 Å². The van der Waals surface area contributed by atoms with Crippen LogP contribution in [-0.4, -0.2) is 60.6 Å². The zero-order valence-electron chi connectivity index (χ0n) is 19.6. The maximum atomic E-state index is 13.2. The summed E-state index contributed by atoms with van der Waals surface area (Å²) in [6.07, 6.45) is 1.09. The lowest BCUT2D eigenvalue weighted by atomic mass is 9.96. The van der Waals surface area contributed by atoms with E-state index in [2.05, 4.69) is 16.0 Å². The molecule has 3 atom stereocenters. The van der Waals surface area contributed by atoms with E-state index in [0.717, 1.165) is 16.7 Å². The van der Waals surface area contributed by atoms with E-state index >= 15 is 0 Å². The molecule has 1 aliphatic heterocycles. The average Bonchev–Trinajstić information content (AvgIpc) is 2.85. The first-order valence-corrected chi connectivity index (χ1v) is 11.8. The molecule has 3 rings (SSSR count). The third-order valence-corrected chi connectivity index (χ3v) is 5.96. The molecule has 3 amide bonds. The van der Waals surface area contributed by atoms with Crippen molar-refractivity contribution in [2.75, 3.05) is 19.6 Å². The van der Waals surface area contributed by atoms with Gasteiger partial charge in [-0.2, -0.15) is 0 Å². The van der Waals surface area contributed by atoms with Gasteiger partial charge in [0.1, 0.15) is 17.8 Å². The quantitative estimate of drug-likeness (QED) is 0.283. The SMILES string of the molecule is NCCC[C@@H]1NC(=O)[C@@H](N)Cc2cc(ccc2O)-c2cccc(c2)C[C@@H](C(=O)NCCN)NC1=O. The number of carbonyl (C=O) groups is 3. The smallest absolute Gasteiger partial charge is 0.243 e. The van der Waals surface area contributed by atoms with E-state index in [1.807, 2.05) is 24.3 Å². The Kier molecular flexibility index (Phi) is 9.18. The molecule has 1 aliphatic rings. The van der Waals surface area contributed by atoms with Crippen LogP contribution >= 0.6 is 0 Å². The Bertz CT molecular complexity index is 1060. The van der Waals surface area contributed by atoms with Crippen molar-refractivity contribution >= 4 is 17.7 Å². The number of phenolic OH excluding ortho intramolecular Hbond substituents is 1. The second-order valence-corrected chi connectivity index (χ2v) is 8.69. The Morgan fingerprint density at radius 2 is 1.77 bits per heavy atom. The molecule has 0 saturated carbocycles. The summed E-state index contributed by atoms with van der Waals surface area (Å²) in [4.78, 5) is 38.9. The normalized spacial score (nSPS) is 20.7. The van der Waals surface area contributed by atoms with Crippen molar-refractivity contribution in [2.45, 2.75) is 43.8 Å². The largest absolute Gasteiger partial charge is 0.508 e. The van der Waals surface area contributed by atoms with Crippen LogP contribution in [0.25, 0.3) is 11.1 Å². The van der Waals surface area contributed by atoms with Crippen LogP contribution in [0.2, 0.25) is 0 Å². The Hall–Kier alpha value is -3.47. The fourth-order valence-corrected chi connectivity index (χ4v) is 4.04. The van der Waals surface area contributed by atoms with Gasteiger partial charge in [0.05, 0.1) is 6.04 Å². The van der Waals surface area contributed by atoms with E-state index in [-0.39, 0.29) is 44.0 Å². The topological polar surface area (TPSA) is 186 Å². The number of fused-ring (bicyclic) bond motifs is 5. The first kappa shape index (κ1) is 26.1. The highest BCUT2D eigenvalue weighted by atomic mass is 16.3. The van der Waals surface area contributed by atoms with Crippen molar-refractivity contribution in [1.82, 2.24) is 16.0 Å². The molecule has 0 radical (unpaired) electrons. The van der Waals surface area contributed by atoms with E-state index in [1.54, 1.807) is 18.2 Å². The van der Waals surface area contributed by atoms with Crippen molar-refractivity contribution in [1.29, 1.82) is 0 Å². The van der Waals surface area contributed by atoms with Gasteiger partial charge in [0.15, 0.2) is 0 Å². The number of nitrogens with one attached hydrogen (secondary N) is 3. The number of rotatable bonds is 6. The first-order valence-electron chi connectivity index (χ1n) is 11.8. The highest BCUT2D eigenvalue weighted by Crippen LogP contribution is 2.28. The van der Waals surface area contributed by atoms with Crippen LogP contribution in [0.15, 0.2) is 42.5 Å². The first-order chi connectivity index (χ1) is 16.8. The van der Waals surface area contributed by atoms with E-state index in [9.17, 15) is 19.5 Å². The summed E-state index contributed by atoms with van der Waals surface area (Å²) >= 11 is 0. The van der Waals surface area contributed by atoms with Gasteiger partial charge in [-0.1, -0.05) is 30.3 Å². The average molecular weight is 483 g/mol. The Balaban J connectivity index is 2.03. The van der Waals surface area contributed by atoms with Crippen LogP contribution in [0, 0.1) is 0 Å². The minimum Gasteiger partial charge on any atom is -0.508 e. The lowest BCUT2D eigenvalue weighted by Gasteiger charge is -2.24. The lowest BCUT2D eigenvalue weighted by Crippen LogP contribution is -2.56. The van der Waals surface area contributed by atoms with Crippen molar-refractivity contribution in [3.05, 3.63) is 53.6 Å². The number of amides is 3. The molecular weight excluding hydrogens is 448 g/mol. The second kappa shape index (κ2) is 12.3. The maximum absolute atomic E-state index is 13.2. The summed E-state index contributed by atoms with van der Waals surface area (Å²) < 4.78 is 0. The molecule has 1 heterocycles. The number of benzene rings is 2. The van der Waals surface area contributed by atoms with Gasteiger partial charge >= 0.3 is 0 Å². The molecule has 188 valence electrons. The number of aromatic hydroxyl groups is 1. The monoisotopic (exact) mass is 482 g/mol. The van der Waals surface area contributed by atoms with Crippen molar-refractivity contribution in [3.8, 4) is 16.9 Å². The summed E-state index contributed by atoms with van der Waals surface area (Å²) in [6, 6.07) is 9.93. The third kappa shape index (κ3) is 7.01. The Morgan fingerprint density at radius 3 is 2.51 bits per heavy atom. The van der Waals surface area contributed by atoms with Gasteiger partial charge < -0.3 is 38.3 Å². The molecule has 10 N–H and O–H groups in total. The molecule has 0 spiro atoms. The molecule has 0 unspecified atom stereocenters. The lowest BCUT2D eigenvalue weighted by molar-refractivity contribution is -0.132. The van der Waals surface area contributed by atoms with Gasteiger partial charge in [0.25, 0.3) is 0 Å². The fourth-order valence-electron chi connectivity index (χ4n) is 4.04. The summed E-state index contributed by atoms with van der Waals surface area (Å²) in [6.45, 7) is 0.863. The van der Waals surface area contributed by atoms with Crippen LogP contribution in [0.5, 0.6) is 5.75 Å². The Morgan fingerprint density at radius 1 is 1.00 bits per heavy atom. The molecule has 4 bridgehead atoms. The predicted octanol–water partition coefficient (Wildman–Crippen LogP) is -0.731. The van der Waals surface area contributed by atoms with Crippen molar-refractivity contribution < 1.29 is 19.5 Å². The van der Waals surface area contributed by atoms with Gasteiger partial charge in [0, 0.05) is 25.9 Å². The van der Waals surface area contributed by atoms with Crippen molar-refractivity contribution in [2.24, 2.45) is 17.2 Å². The summed E-state index contributed by atoms with van der Waals surface area (Å²) in [5.74, 6) is -1.37. The number of nitrogens with two attached hydrogens (primary N) is 3. The van der Waals surface area contributed by atoms with Crippen LogP contribution in [0.1, 0.15) is 24.0 Å². The molecule has 10 heteroatoms. The van der Waals surface area contributed by atoms with Gasteiger partial charge in [-0.3, -0.25) is 14.4 Å². The highest BCUT2D eigenvalue weighted by molar-refractivity contribution is 5.93. The second-order valence-electron chi connectivity index (χ2n) is 8.69. The van der Waals surface area contributed by atoms with Gasteiger partial charge in [-0.15, -0.1) is 0 Å². The molecule has 2 aromatic rings. The Labute approximate surface area is 204 Å². The molecule has 0 fully saturated rings. The number of hydrogen-bond donors (Lipinski definition) is 7. The molecule has 0 saturated heterocycles. The molecular formula is C25H34N6O4. The zero-order valence-corrected chi connectivity index (χ0v) is 19.6. The van der Waals surface area contributed by atoms with Crippen LogP contribution < -0.4 is 33.2 Å². The molecule has 0 aromatic heterocycles. The van der Waals surface area contributed by atoms with Gasteiger partial charge in [0.2, 0.25) is 17.7 Å². The summed E-state index contributed by atoms with van der Waals surface area (Å²) in [7, 11) is 0. The van der Waals surface area contributed by atoms with Gasteiger partial charge in [-0.05, 0) is 53.8 Å². The fraction of sp³-hybridized carbons (Fsp3) is 0.400. The molecule has 35 heavy (non-hydrogen) atoms. The van der Waals surface area contributed by atoms with Crippen LogP contribution in [0.3, 0.4) is 0 Å². The standard InChI is InChI=1S/C25H34N6O4/c26-8-2-5-20-25(35)31-21(24(34)29-10-9-27)12-15-3-1-4-16(11-15)17-6-7-22(32)18(13-17)14-19(28)23(33)30-20/h1,3-4,6-7,11,13,19-21,32H,2,5,8-10,12,14,26-28H2,(H,29,34)(H,30,33)(H,31,35)/t19-,20-,21-/m0/s1. The number of carbonyl (C=O) groups excluding carboxylic acids is 3. The minimum absolute atomic E-state index is 0.0338. The van der Waals surface area contributed by atoms with E-state index in [1.165, 1.54) is 0 Å². The molecule has 0 aliphatic carbocycles. The third-order valence-electron chi connectivity index (χ3n) is 5.96. The summed E-state index contributed by atoms with van der Waals surface area (Å²) in [5.41, 5.74) is 20.3. The molecule has 10 nitrogen and oxygen atoms in total. The van der Waals surface area contributed by atoms with Crippen LogP contribution in [-0.2, 0) is 27.2 Å². The van der Waals surface area contributed by atoms with E-state index < -0.39 is 29.9 Å². The molecule has 2 aromatic carbocycles. The number of hydrogen-bond acceptors (Lipinski definition) is 7. The van der Waals surface area contributed by atoms with Gasteiger partial charge in [-0.25, -0.2) is 0 Å². The number of phenols is 1. The minimum atomic E-state index is -0.996. The predicted molar refractivity (Wildman–Crippen MR) is 133 cm³/mol. The zero-order chi connectivity index (χ0) is 25.4.